The molecular formula is C44H66N6O6S2. The quantitative estimate of drug-likeness (QED) is 0.119. The average molecular weight is 839 g/mol. The number of hydrogen-bond donors (Lipinski definition) is 4. The lowest BCUT2D eigenvalue weighted by molar-refractivity contribution is -0.143. The van der Waals surface area contributed by atoms with Crippen molar-refractivity contribution in [2.24, 2.45) is 11.8 Å². The lowest BCUT2D eigenvalue weighted by Crippen LogP contribution is -2.38. The molecule has 2 amide bonds. The fraction of sp³-hybridized carbons (Fsp3) is 0.682. The van der Waals surface area contributed by atoms with Crippen LogP contribution in [-0.4, -0.2) is 93.7 Å². The van der Waals surface area contributed by atoms with E-state index in [1.807, 2.05) is 31.3 Å². The van der Waals surface area contributed by atoms with Crippen LogP contribution in [0, 0.1) is 11.8 Å². The molecule has 12 nitrogen and oxygen atoms in total. The maximum Gasteiger partial charge on any atom is 0.306 e. The molecule has 58 heavy (non-hydrogen) atoms. The fourth-order valence-corrected chi connectivity index (χ4v) is 10.3. The normalized spacial score (nSPS) is 21.4. The lowest BCUT2D eigenvalue weighted by Gasteiger charge is -2.34. The topological polar surface area (TPSA) is 165 Å². The van der Waals surface area contributed by atoms with Gasteiger partial charge < -0.3 is 30.6 Å². The van der Waals surface area contributed by atoms with Crippen LogP contribution in [0.15, 0.2) is 34.3 Å². The molecule has 4 aliphatic rings. The second-order valence-electron chi connectivity index (χ2n) is 16.5. The minimum atomic E-state index is -0.742. The first-order valence-corrected chi connectivity index (χ1v) is 23.8. The van der Waals surface area contributed by atoms with Gasteiger partial charge >= 0.3 is 11.9 Å². The van der Waals surface area contributed by atoms with Crippen LogP contribution in [0.5, 0.6) is 0 Å². The molecule has 1 saturated heterocycles. The summed E-state index contributed by atoms with van der Waals surface area (Å²) in [7, 11) is 2.03. The summed E-state index contributed by atoms with van der Waals surface area (Å²) < 4.78 is 0. The van der Waals surface area contributed by atoms with E-state index in [1.54, 1.807) is 23.5 Å². The van der Waals surface area contributed by atoms with Gasteiger partial charge in [0, 0.05) is 44.7 Å². The zero-order chi connectivity index (χ0) is 41.4. The summed E-state index contributed by atoms with van der Waals surface area (Å²) >= 11 is 3.27. The average Bonchev–Trinajstić information content (AvgIpc) is 3.70. The van der Waals surface area contributed by atoms with Crippen LogP contribution in [0.4, 0.5) is 11.6 Å². The molecule has 4 fully saturated rings. The van der Waals surface area contributed by atoms with Crippen LogP contribution in [0.25, 0.3) is 0 Å². The number of nitrogens with one attached hydrogen (secondary N) is 2. The first-order valence-electron chi connectivity index (χ1n) is 21.9. The van der Waals surface area contributed by atoms with Crippen molar-refractivity contribution in [3.05, 3.63) is 35.4 Å². The summed E-state index contributed by atoms with van der Waals surface area (Å²) in [5, 5.41) is 26.3. The Kier molecular flexibility index (Phi) is 18.3. The Bertz CT molecular complexity index is 1660. The Morgan fingerprint density at radius 3 is 1.78 bits per heavy atom. The van der Waals surface area contributed by atoms with Crippen LogP contribution in [0.2, 0.25) is 0 Å². The minimum Gasteiger partial charge on any atom is -0.481 e. The van der Waals surface area contributed by atoms with Crippen molar-refractivity contribution in [3.8, 4) is 0 Å². The zero-order valence-corrected chi connectivity index (χ0v) is 36.5. The van der Waals surface area contributed by atoms with E-state index in [0.29, 0.717) is 36.6 Å². The molecule has 0 spiro atoms. The Labute approximate surface area is 353 Å². The Hall–Kier alpha value is -3.52. The maximum absolute atomic E-state index is 12.9. The number of carboxylic acid groups (broad SMARTS) is 2. The second-order valence-corrected chi connectivity index (χ2v) is 18.7. The van der Waals surface area contributed by atoms with Crippen LogP contribution < -0.4 is 20.4 Å². The number of hydrogen-bond acceptors (Lipinski definition) is 10. The highest BCUT2D eigenvalue weighted by molar-refractivity contribution is 7.99. The van der Waals surface area contributed by atoms with E-state index in [4.69, 9.17) is 15.1 Å². The van der Waals surface area contributed by atoms with Crippen molar-refractivity contribution < 1.29 is 29.4 Å². The summed E-state index contributed by atoms with van der Waals surface area (Å²) in [6, 6.07) is 8.51. The molecule has 2 aromatic rings. The number of pyridine rings is 2. The molecule has 6 rings (SSSR count). The summed E-state index contributed by atoms with van der Waals surface area (Å²) in [5.41, 5.74) is 1.33. The predicted octanol–water partition coefficient (Wildman–Crippen LogP) is 8.67. The number of carboxylic acids is 2. The number of aliphatic carboxylic acids is 2. The highest BCUT2D eigenvalue weighted by atomic mass is 32.2. The molecule has 3 saturated carbocycles. The van der Waals surface area contributed by atoms with Crippen LogP contribution in [0.3, 0.4) is 0 Å². The van der Waals surface area contributed by atoms with Gasteiger partial charge in [-0.3, -0.25) is 19.2 Å². The van der Waals surface area contributed by atoms with Gasteiger partial charge in [-0.25, -0.2) is 9.97 Å². The third-order valence-corrected chi connectivity index (χ3v) is 14.4. The first-order chi connectivity index (χ1) is 28.1. The summed E-state index contributed by atoms with van der Waals surface area (Å²) in [4.78, 5) is 62.0. The molecule has 3 heterocycles. The molecule has 320 valence electrons. The van der Waals surface area contributed by atoms with Gasteiger partial charge in [-0.1, -0.05) is 52.4 Å². The van der Waals surface area contributed by atoms with E-state index in [9.17, 15) is 24.3 Å². The molecule has 4 N–H and O–H groups in total. The molecular weight excluding hydrogens is 773 g/mol. The van der Waals surface area contributed by atoms with Crippen molar-refractivity contribution in [3.63, 3.8) is 0 Å². The number of carbonyl (C=O) groups is 4. The number of thioether (sulfide) groups is 2. The van der Waals surface area contributed by atoms with E-state index >= 15 is 0 Å². The second kappa shape index (κ2) is 23.3. The zero-order valence-electron chi connectivity index (χ0n) is 34.9. The van der Waals surface area contributed by atoms with Gasteiger partial charge in [0.2, 0.25) is 0 Å². The Morgan fingerprint density at radius 1 is 0.724 bits per heavy atom. The van der Waals surface area contributed by atoms with E-state index < -0.39 is 11.9 Å². The summed E-state index contributed by atoms with van der Waals surface area (Å²) in [6.07, 6.45) is 17.8. The maximum atomic E-state index is 12.9. The minimum absolute atomic E-state index is 0.0100. The third kappa shape index (κ3) is 13.5. The Balaban J connectivity index is 0.000000221. The summed E-state index contributed by atoms with van der Waals surface area (Å²) in [6.45, 7) is 5.78. The van der Waals surface area contributed by atoms with Crippen molar-refractivity contribution in [1.29, 1.82) is 0 Å². The number of rotatable bonds is 16. The number of aromatic nitrogens is 2. The highest BCUT2D eigenvalue weighted by Gasteiger charge is 2.30. The number of amides is 2. The van der Waals surface area contributed by atoms with Crippen LogP contribution >= 0.6 is 23.5 Å². The molecule has 0 radical (unpaired) electrons. The van der Waals surface area contributed by atoms with E-state index in [0.717, 1.165) is 97.5 Å². The van der Waals surface area contributed by atoms with Crippen LogP contribution in [-0.2, 0) is 9.59 Å². The SMILES string of the molecule is CCCSc1nc(N(C)C2CCC(C(=O)O)CC2)ccc1C(=O)NC1CCCCC1.CCCSc1nc(N2CC[C@@H](CC(=O)O)C2)ccc1C(=O)NC1CCCCC1. The van der Waals surface area contributed by atoms with Gasteiger partial charge in [-0.05, 0) is 112 Å². The molecule has 1 atom stereocenters. The lowest BCUT2D eigenvalue weighted by atomic mass is 9.85. The molecule has 14 heteroatoms. The van der Waals surface area contributed by atoms with E-state index in [2.05, 4.69) is 34.3 Å². The third-order valence-electron chi connectivity index (χ3n) is 12.0. The molecule has 0 aromatic carbocycles. The molecule has 2 aromatic heterocycles. The van der Waals surface area contributed by atoms with Crippen molar-refractivity contribution >= 4 is 58.9 Å². The van der Waals surface area contributed by atoms with E-state index in [-0.39, 0.29) is 42.2 Å². The van der Waals surface area contributed by atoms with Crippen molar-refractivity contribution in [2.45, 2.75) is 158 Å². The van der Waals surface area contributed by atoms with Gasteiger partial charge in [0.15, 0.2) is 0 Å². The fourth-order valence-electron chi connectivity index (χ4n) is 8.57. The number of anilines is 2. The largest absolute Gasteiger partial charge is 0.481 e. The molecule has 3 aliphatic carbocycles. The van der Waals surface area contributed by atoms with E-state index in [1.165, 1.54) is 38.5 Å². The number of carbonyl (C=O) groups excluding carboxylic acids is 2. The van der Waals surface area contributed by atoms with Gasteiger partial charge in [0.05, 0.1) is 17.0 Å². The highest BCUT2D eigenvalue weighted by Crippen LogP contribution is 2.33. The van der Waals surface area contributed by atoms with Gasteiger partial charge in [0.1, 0.15) is 21.7 Å². The predicted molar refractivity (Wildman–Crippen MR) is 234 cm³/mol. The first kappa shape index (κ1) is 45.6. The molecule has 0 unspecified atom stereocenters. The van der Waals surface area contributed by atoms with Crippen molar-refractivity contribution in [2.75, 3.05) is 41.4 Å². The van der Waals surface area contributed by atoms with Gasteiger partial charge in [-0.2, -0.15) is 0 Å². The van der Waals surface area contributed by atoms with Crippen molar-refractivity contribution in [1.82, 2.24) is 20.6 Å². The van der Waals surface area contributed by atoms with Crippen LogP contribution in [0.1, 0.15) is 150 Å². The van der Waals surface area contributed by atoms with Gasteiger partial charge in [-0.15, -0.1) is 23.5 Å². The number of nitrogens with zero attached hydrogens (tertiary/aromatic N) is 4. The Morgan fingerprint density at radius 2 is 1.26 bits per heavy atom. The summed E-state index contributed by atoms with van der Waals surface area (Å²) in [5.74, 6) is 2.05. The standard InChI is InChI=1S/C23H35N3O3S.C21H31N3O3S/c1-3-15-30-22-19(21(27)24-17-7-5-4-6-8-17)13-14-20(25-22)26(2)18-11-9-16(10-12-18)23(28)29;1-2-12-28-21-17(20(27)22-16-6-4-3-5-7-16)8-9-18(23-21)24-11-10-15(14-24)13-19(25)26/h13-14,16-18H,3-12,15H2,1-2H3,(H,24,27)(H,28,29);8-9,15-16H,2-7,10-14H2,1H3,(H,22,27)(H,25,26)/t;15-/m.0/s1. The molecule has 0 bridgehead atoms. The smallest absolute Gasteiger partial charge is 0.306 e. The monoisotopic (exact) mass is 838 g/mol. The van der Waals surface area contributed by atoms with Gasteiger partial charge in [0.25, 0.3) is 11.8 Å². The molecule has 1 aliphatic heterocycles.